The number of hydrogen-bond donors (Lipinski definition) is 0. The van der Waals surface area contributed by atoms with Gasteiger partial charge in [0.05, 0.1) is 0 Å². The lowest BCUT2D eigenvalue weighted by Gasteiger charge is -2.27. The van der Waals surface area contributed by atoms with Crippen molar-refractivity contribution in [3.8, 4) is 0 Å². The maximum atomic E-state index is 12.9. The second-order valence-electron chi connectivity index (χ2n) is 5.99. The zero-order chi connectivity index (χ0) is 14.2. The second kappa shape index (κ2) is 4.96. The number of carbonyl (C=O) groups is 1. The van der Waals surface area contributed by atoms with Crippen LogP contribution in [0.1, 0.15) is 28.4 Å². The number of hydrogen-bond acceptors (Lipinski definition) is 2. The number of Topliss-reactive ketones (excluding diaryl/α,β-unsaturated/α-hetero) is 1. The molecule has 1 aromatic heterocycles. The molecular weight excluding hydrogens is 258 g/mol. The molecule has 21 heavy (non-hydrogen) atoms. The van der Waals surface area contributed by atoms with E-state index in [2.05, 4.69) is 41.4 Å². The van der Waals surface area contributed by atoms with Crippen molar-refractivity contribution in [3.05, 3.63) is 78.1 Å². The first-order valence-corrected chi connectivity index (χ1v) is 7.53. The average molecular weight is 275 g/mol. The predicted molar refractivity (Wildman–Crippen MR) is 82.0 cm³/mol. The van der Waals surface area contributed by atoms with E-state index in [1.165, 1.54) is 5.56 Å². The van der Waals surface area contributed by atoms with Gasteiger partial charge in [0.2, 0.25) is 0 Å². The van der Waals surface area contributed by atoms with Gasteiger partial charge < -0.3 is 0 Å². The highest BCUT2D eigenvalue weighted by Crippen LogP contribution is 2.53. The third-order valence-corrected chi connectivity index (χ3v) is 4.86. The number of fused-ring (bicyclic) bond motifs is 2. The van der Waals surface area contributed by atoms with Gasteiger partial charge in [-0.15, -0.1) is 0 Å². The van der Waals surface area contributed by atoms with Crippen molar-refractivity contribution in [2.75, 3.05) is 0 Å². The minimum absolute atomic E-state index is 0.0392. The van der Waals surface area contributed by atoms with E-state index in [1.54, 1.807) is 6.20 Å². The number of benzene rings is 1. The molecule has 0 unspecified atom stereocenters. The maximum Gasteiger partial charge on any atom is 0.185 e. The Bertz CT molecular complexity index is 677. The third-order valence-electron chi connectivity index (χ3n) is 4.86. The SMILES string of the molecule is O=C(c1ccccn1)[C@@H]1[C@H](c2ccccc2)[C@H]2C=C[C@@H]1C2. The van der Waals surface area contributed by atoms with Crippen molar-refractivity contribution in [3.63, 3.8) is 0 Å². The Labute approximate surface area is 124 Å². The van der Waals surface area contributed by atoms with Gasteiger partial charge in [-0.1, -0.05) is 48.6 Å². The van der Waals surface area contributed by atoms with Crippen molar-refractivity contribution in [1.82, 2.24) is 4.98 Å². The largest absolute Gasteiger partial charge is 0.292 e. The highest BCUT2D eigenvalue weighted by molar-refractivity contribution is 5.97. The molecule has 0 N–H and O–H groups in total. The molecule has 2 nitrogen and oxygen atoms in total. The Morgan fingerprint density at radius 1 is 0.952 bits per heavy atom. The average Bonchev–Trinajstić information content (AvgIpc) is 3.17. The molecule has 2 aliphatic rings. The van der Waals surface area contributed by atoms with E-state index in [1.807, 2.05) is 24.3 Å². The zero-order valence-electron chi connectivity index (χ0n) is 11.7. The lowest BCUT2D eigenvalue weighted by Crippen LogP contribution is -2.27. The van der Waals surface area contributed by atoms with Gasteiger partial charge in [0, 0.05) is 18.0 Å². The number of pyridine rings is 1. The van der Waals surface area contributed by atoms with E-state index >= 15 is 0 Å². The fourth-order valence-electron chi connectivity index (χ4n) is 3.99. The first-order chi connectivity index (χ1) is 10.3. The Balaban J connectivity index is 1.73. The maximum absolute atomic E-state index is 12.9. The lowest BCUT2D eigenvalue weighted by molar-refractivity contribution is 0.0881. The predicted octanol–water partition coefficient (Wildman–Crippen LogP) is 3.87. The van der Waals surface area contributed by atoms with E-state index < -0.39 is 0 Å². The van der Waals surface area contributed by atoms with Gasteiger partial charge in [-0.05, 0) is 36.0 Å². The minimum atomic E-state index is 0.0392. The van der Waals surface area contributed by atoms with Crippen LogP contribution < -0.4 is 0 Å². The van der Waals surface area contributed by atoms with Crippen molar-refractivity contribution in [2.45, 2.75) is 12.3 Å². The number of aromatic nitrogens is 1. The Morgan fingerprint density at radius 3 is 2.48 bits per heavy atom. The van der Waals surface area contributed by atoms with Crippen LogP contribution in [0.5, 0.6) is 0 Å². The second-order valence-corrected chi connectivity index (χ2v) is 5.99. The highest BCUT2D eigenvalue weighted by atomic mass is 16.1. The summed E-state index contributed by atoms with van der Waals surface area (Å²) in [5, 5.41) is 0. The van der Waals surface area contributed by atoms with Crippen LogP contribution in [0, 0.1) is 17.8 Å². The molecule has 1 fully saturated rings. The Hall–Kier alpha value is -2.22. The fourth-order valence-corrected chi connectivity index (χ4v) is 3.99. The molecule has 0 aliphatic heterocycles. The summed E-state index contributed by atoms with van der Waals surface area (Å²) in [6.07, 6.45) is 7.33. The van der Waals surface area contributed by atoms with Crippen LogP contribution in [0.4, 0.5) is 0 Å². The number of ketones is 1. The molecule has 0 amide bonds. The summed E-state index contributed by atoms with van der Waals surface area (Å²) in [4.78, 5) is 17.2. The van der Waals surface area contributed by atoms with Gasteiger partial charge in [-0.3, -0.25) is 9.78 Å². The van der Waals surface area contributed by atoms with Gasteiger partial charge in [0.1, 0.15) is 5.69 Å². The van der Waals surface area contributed by atoms with Crippen LogP contribution in [0.15, 0.2) is 66.9 Å². The van der Waals surface area contributed by atoms with E-state index in [4.69, 9.17) is 0 Å². The summed E-state index contributed by atoms with van der Waals surface area (Å²) in [6, 6.07) is 16.0. The van der Waals surface area contributed by atoms with E-state index in [9.17, 15) is 4.79 Å². The topological polar surface area (TPSA) is 30.0 Å². The molecule has 2 heteroatoms. The monoisotopic (exact) mass is 275 g/mol. The number of rotatable bonds is 3. The number of nitrogens with zero attached hydrogens (tertiary/aromatic N) is 1. The summed E-state index contributed by atoms with van der Waals surface area (Å²) >= 11 is 0. The lowest BCUT2D eigenvalue weighted by atomic mass is 9.75. The first-order valence-electron chi connectivity index (χ1n) is 7.53. The minimum Gasteiger partial charge on any atom is -0.292 e. The van der Waals surface area contributed by atoms with Crippen LogP contribution in [-0.2, 0) is 0 Å². The quantitative estimate of drug-likeness (QED) is 0.628. The molecule has 2 aromatic rings. The fraction of sp³-hybridized carbons (Fsp3) is 0.263. The van der Waals surface area contributed by atoms with E-state index in [0.29, 0.717) is 23.4 Å². The molecular formula is C19H17NO. The van der Waals surface area contributed by atoms with Gasteiger partial charge in [0.15, 0.2) is 5.78 Å². The van der Waals surface area contributed by atoms with Crippen LogP contribution >= 0.6 is 0 Å². The Kier molecular flexibility index (Phi) is 2.95. The molecule has 2 aliphatic carbocycles. The van der Waals surface area contributed by atoms with Crippen molar-refractivity contribution in [1.29, 1.82) is 0 Å². The van der Waals surface area contributed by atoms with Gasteiger partial charge in [0.25, 0.3) is 0 Å². The smallest absolute Gasteiger partial charge is 0.185 e. The van der Waals surface area contributed by atoms with Crippen molar-refractivity contribution < 1.29 is 4.79 Å². The van der Waals surface area contributed by atoms with Crippen molar-refractivity contribution >= 4 is 5.78 Å². The zero-order valence-corrected chi connectivity index (χ0v) is 11.7. The summed E-state index contributed by atoms with van der Waals surface area (Å²) < 4.78 is 0. The van der Waals surface area contributed by atoms with Gasteiger partial charge >= 0.3 is 0 Å². The summed E-state index contributed by atoms with van der Waals surface area (Å²) in [7, 11) is 0. The van der Waals surface area contributed by atoms with Crippen LogP contribution in [0.25, 0.3) is 0 Å². The standard InChI is InChI=1S/C19H17NO/c21-19(16-8-4-5-11-20-16)18-15-10-9-14(12-15)17(18)13-6-2-1-3-7-13/h1-11,14-15,17-18H,12H2/t14-,15+,17+,18-/m0/s1. The third kappa shape index (κ3) is 2.02. The number of allylic oxidation sites excluding steroid dienone is 2. The molecule has 0 spiro atoms. The molecule has 2 bridgehead atoms. The van der Waals surface area contributed by atoms with E-state index in [0.717, 1.165) is 6.42 Å². The molecule has 1 aromatic carbocycles. The molecule has 1 saturated carbocycles. The van der Waals surface area contributed by atoms with Crippen LogP contribution in [0.3, 0.4) is 0 Å². The molecule has 4 atom stereocenters. The molecule has 4 rings (SSSR count). The normalized spacial score (nSPS) is 29.7. The number of carbonyl (C=O) groups excluding carboxylic acids is 1. The van der Waals surface area contributed by atoms with Gasteiger partial charge in [-0.25, -0.2) is 0 Å². The first kappa shape index (κ1) is 12.5. The van der Waals surface area contributed by atoms with Gasteiger partial charge in [-0.2, -0.15) is 0 Å². The molecule has 1 heterocycles. The van der Waals surface area contributed by atoms with Crippen molar-refractivity contribution in [2.24, 2.45) is 17.8 Å². The Morgan fingerprint density at radius 2 is 1.71 bits per heavy atom. The molecule has 0 saturated heterocycles. The van der Waals surface area contributed by atoms with Crippen LogP contribution in [-0.4, -0.2) is 10.8 Å². The summed E-state index contributed by atoms with van der Waals surface area (Å²) in [5.41, 5.74) is 1.88. The van der Waals surface area contributed by atoms with Crippen LogP contribution in [0.2, 0.25) is 0 Å². The summed E-state index contributed by atoms with van der Waals surface area (Å²) in [6.45, 7) is 0. The highest BCUT2D eigenvalue weighted by Gasteiger charge is 2.48. The summed E-state index contributed by atoms with van der Waals surface area (Å²) in [5.74, 6) is 1.40. The molecule has 0 radical (unpaired) electrons. The molecule has 104 valence electrons. The van der Waals surface area contributed by atoms with E-state index in [-0.39, 0.29) is 11.7 Å².